The van der Waals surface area contributed by atoms with Crippen molar-refractivity contribution in [2.75, 3.05) is 0 Å². The summed E-state index contributed by atoms with van der Waals surface area (Å²) in [6.07, 6.45) is 2.23. The largest absolute Gasteiger partial charge is 0.489 e. The minimum absolute atomic E-state index is 0.265. The molecular formula is C16H15BrO. The van der Waals surface area contributed by atoms with Crippen LogP contribution in [-0.4, -0.2) is 6.10 Å². The third-order valence-electron chi connectivity index (χ3n) is 3.39. The van der Waals surface area contributed by atoms with Crippen LogP contribution in [0.1, 0.15) is 16.7 Å². The van der Waals surface area contributed by atoms with Gasteiger partial charge in [0, 0.05) is 22.9 Å². The molecule has 1 heterocycles. The number of aryl methyl sites for hydroxylation is 1. The number of benzene rings is 2. The van der Waals surface area contributed by atoms with Gasteiger partial charge < -0.3 is 4.74 Å². The topological polar surface area (TPSA) is 9.23 Å². The average Bonchev–Trinajstić information content (AvgIpc) is 2.76. The maximum Gasteiger partial charge on any atom is 0.124 e. The number of rotatable bonds is 2. The van der Waals surface area contributed by atoms with Crippen molar-refractivity contribution in [2.45, 2.75) is 25.9 Å². The fraction of sp³-hybridized carbons (Fsp3) is 0.250. The standard InChI is InChI=1S/C16H15BrO/c1-11-5-7-12(8-6-11)9-13-10-14-15(17)3-2-4-16(14)18-13/h2-8,13H,9-10H2,1H3. The van der Waals surface area contributed by atoms with Crippen LogP contribution in [0.15, 0.2) is 46.9 Å². The first-order chi connectivity index (χ1) is 8.72. The highest BCUT2D eigenvalue weighted by molar-refractivity contribution is 9.10. The monoisotopic (exact) mass is 302 g/mol. The van der Waals surface area contributed by atoms with Crippen LogP contribution in [0.5, 0.6) is 5.75 Å². The molecule has 2 heteroatoms. The van der Waals surface area contributed by atoms with Gasteiger partial charge in [-0.25, -0.2) is 0 Å². The average molecular weight is 303 g/mol. The summed E-state index contributed by atoms with van der Waals surface area (Å²) in [6.45, 7) is 2.11. The van der Waals surface area contributed by atoms with Crippen molar-refractivity contribution in [1.29, 1.82) is 0 Å². The molecule has 1 aliphatic rings. The second-order valence-corrected chi connectivity index (χ2v) is 5.70. The summed E-state index contributed by atoms with van der Waals surface area (Å²) < 4.78 is 7.15. The molecule has 1 unspecified atom stereocenters. The van der Waals surface area contributed by atoms with Gasteiger partial charge >= 0.3 is 0 Å². The summed E-state index contributed by atoms with van der Waals surface area (Å²) in [7, 11) is 0. The van der Waals surface area contributed by atoms with Crippen molar-refractivity contribution < 1.29 is 4.74 Å². The van der Waals surface area contributed by atoms with Gasteiger partial charge in [-0.3, -0.25) is 0 Å². The van der Waals surface area contributed by atoms with E-state index in [2.05, 4.69) is 59.3 Å². The lowest BCUT2D eigenvalue weighted by molar-refractivity contribution is 0.233. The van der Waals surface area contributed by atoms with Crippen LogP contribution in [-0.2, 0) is 12.8 Å². The molecular weight excluding hydrogens is 288 g/mol. The molecule has 3 rings (SSSR count). The van der Waals surface area contributed by atoms with Crippen molar-refractivity contribution in [2.24, 2.45) is 0 Å². The zero-order valence-electron chi connectivity index (χ0n) is 10.3. The fourth-order valence-corrected chi connectivity index (χ4v) is 2.91. The van der Waals surface area contributed by atoms with E-state index in [1.165, 1.54) is 16.7 Å². The van der Waals surface area contributed by atoms with Crippen molar-refractivity contribution in [3.8, 4) is 5.75 Å². The minimum Gasteiger partial charge on any atom is -0.489 e. The Hall–Kier alpha value is -1.28. The molecule has 0 aliphatic carbocycles. The van der Waals surface area contributed by atoms with Gasteiger partial charge in [0.25, 0.3) is 0 Å². The molecule has 2 aromatic carbocycles. The zero-order valence-corrected chi connectivity index (χ0v) is 11.9. The molecule has 0 radical (unpaired) electrons. The van der Waals surface area contributed by atoms with Crippen LogP contribution in [0.3, 0.4) is 0 Å². The first kappa shape index (κ1) is 11.8. The molecule has 0 saturated carbocycles. The molecule has 18 heavy (non-hydrogen) atoms. The third kappa shape index (κ3) is 2.30. The van der Waals surface area contributed by atoms with Crippen molar-refractivity contribution >= 4 is 15.9 Å². The predicted octanol–water partition coefficient (Wildman–Crippen LogP) is 4.30. The SMILES string of the molecule is Cc1ccc(CC2Cc3c(Br)cccc3O2)cc1. The van der Waals surface area contributed by atoms with Crippen molar-refractivity contribution in [3.05, 3.63) is 63.6 Å². The summed E-state index contributed by atoms with van der Waals surface area (Å²) in [5.41, 5.74) is 3.95. The zero-order chi connectivity index (χ0) is 12.5. The van der Waals surface area contributed by atoms with Crippen LogP contribution in [0.25, 0.3) is 0 Å². The van der Waals surface area contributed by atoms with Gasteiger partial charge in [0.1, 0.15) is 11.9 Å². The Morgan fingerprint density at radius 2 is 1.94 bits per heavy atom. The Kier molecular flexibility index (Phi) is 3.13. The van der Waals surface area contributed by atoms with E-state index in [1.807, 2.05) is 6.07 Å². The normalized spacial score (nSPS) is 17.3. The predicted molar refractivity (Wildman–Crippen MR) is 77.1 cm³/mol. The van der Waals surface area contributed by atoms with E-state index in [4.69, 9.17) is 4.74 Å². The molecule has 0 fully saturated rings. The lowest BCUT2D eigenvalue weighted by Crippen LogP contribution is -2.16. The quantitative estimate of drug-likeness (QED) is 0.803. The number of fused-ring (bicyclic) bond motifs is 1. The molecule has 2 aromatic rings. The first-order valence-corrected chi connectivity index (χ1v) is 7.01. The van der Waals surface area contributed by atoms with E-state index in [9.17, 15) is 0 Å². The molecule has 0 N–H and O–H groups in total. The molecule has 92 valence electrons. The van der Waals surface area contributed by atoms with Gasteiger partial charge in [0.2, 0.25) is 0 Å². The van der Waals surface area contributed by atoms with E-state index < -0.39 is 0 Å². The van der Waals surface area contributed by atoms with Gasteiger partial charge in [-0.05, 0) is 24.6 Å². The first-order valence-electron chi connectivity index (χ1n) is 6.22. The van der Waals surface area contributed by atoms with E-state index in [1.54, 1.807) is 0 Å². The fourth-order valence-electron chi connectivity index (χ4n) is 2.40. The number of halogens is 1. The Morgan fingerprint density at radius 1 is 1.17 bits per heavy atom. The summed E-state index contributed by atoms with van der Waals surface area (Å²) in [5, 5.41) is 0. The molecule has 1 aliphatic heterocycles. The van der Waals surface area contributed by atoms with E-state index in [-0.39, 0.29) is 6.10 Å². The van der Waals surface area contributed by atoms with Crippen LogP contribution in [0, 0.1) is 6.92 Å². The number of ether oxygens (including phenoxy) is 1. The Balaban J connectivity index is 1.75. The van der Waals surface area contributed by atoms with E-state index >= 15 is 0 Å². The maximum absolute atomic E-state index is 5.99. The van der Waals surface area contributed by atoms with E-state index in [0.29, 0.717) is 0 Å². The van der Waals surface area contributed by atoms with E-state index in [0.717, 1.165) is 23.1 Å². The third-order valence-corrected chi connectivity index (χ3v) is 4.13. The molecule has 0 amide bonds. The van der Waals surface area contributed by atoms with Gasteiger partial charge in [-0.1, -0.05) is 51.8 Å². The minimum atomic E-state index is 0.265. The summed E-state index contributed by atoms with van der Waals surface area (Å²) in [5.74, 6) is 1.03. The lowest BCUT2D eigenvalue weighted by atomic mass is 10.0. The molecule has 1 nitrogen and oxygen atoms in total. The summed E-state index contributed by atoms with van der Waals surface area (Å²) in [4.78, 5) is 0. The van der Waals surface area contributed by atoms with Crippen molar-refractivity contribution in [3.63, 3.8) is 0 Å². The molecule has 0 bridgehead atoms. The Labute approximate surface area is 116 Å². The second kappa shape index (κ2) is 4.77. The lowest BCUT2D eigenvalue weighted by Gasteiger charge is -2.10. The second-order valence-electron chi connectivity index (χ2n) is 4.85. The Morgan fingerprint density at radius 3 is 2.67 bits per heavy atom. The van der Waals surface area contributed by atoms with Crippen molar-refractivity contribution in [1.82, 2.24) is 0 Å². The molecule has 0 saturated heterocycles. The highest BCUT2D eigenvalue weighted by atomic mass is 79.9. The van der Waals surface area contributed by atoms with Crippen LogP contribution < -0.4 is 4.74 Å². The molecule has 0 aromatic heterocycles. The number of hydrogen-bond acceptors (Lipinski definition) is 1. The summed E-state index contributed by atoms with van der Waals surface area (Å²) in [6, 6.07) is 14.9. The highest BCUT2D eigenvalue weighted by Gasteiger charge is 2.24. The van der Waals surface area contributed by atoms with Gasteiger partial charge in [0.05, 0.1) is 0 Å². The summed E-state index contributed by atoms with van der Waals surface area (Å²) >= 11 is 3.59. The van der Waals surface area contributed by atoms with Gasteiger partial charge in [-0.15, -0.1) is 0 Å². The van der Waals surface area contributed by atoms with Crippen LogP contribution >= 0.6 is 15.9 Å². The Bertz CT molecular complexity index is 560. The number of hydrogen-bond donors (Lipinski definition) is 0. The highest BCUT2D eigenvalue weighted by Crippen LogP contribution is 2.35. The smallest absolute Gasteiger partial charge is 0.124 e. The van der Waals surface area contributed by atoms with Gasteiger partial charge in [-0.2, -0.15) is 0 Å². The molecule has 0 spiro atoms. The molecule has 1 atom stereocenters. The maximum atomic E-state index is 5.99. The van der Waals surface area contributed by atoms with Crippen LogP contribution in [0.2, 0.25) is 0 Å². The van der Waals surface area contributed by atoms with Crippen LogP contribution in [0.4, 0.5) is 0 Å². The van der Waals surface area contributed by atoms with Gasteiger partial charge in [0.15, 0.2) is 0 Å².